The molecule has 6 heteroatoms. The molecule has 0 aromatic carbocycles. The quantitative estimate of drug-likeness (QED) is 0.456. The van der Waals surface area contributed by atoms with Crippen molar-refractivity contribution in [1.29, 1.82) is 0 Å². The van der Waals surface area contributed by atoms with Crippen LogP contribution in [0, 0.1) is 0 Å². The summed E-state index contributed by atoms with van der Waals surface area (Å²) in [6.07, 6.45) is 0. The van der Waals surface area contributed by atoms with Gasteiger partial charge in [0.05, 0.1) is 20.3 Å². The first-order valence-electron chi connectivity index (χ1n) is 4.62. The Bertz CT molecular complexity index is 300. The fourth-order valence-corrected chi connectivity index (χ4v) is 1.22. The Balaban J connectivity index is 2.84. The molecule has 1 aliphatic heterocycles. The highest BCUT2D eigenvalue weighted by Gasteiger charge is 2.35. The van der Waals surface area contributed by atoms with Crippen molar-refractivity contribution < 1.29 is 19.1 Å². The van der Waals surface area contributed by atoms with Crippen LogP contribution in [-0.2, 0) is 19.1 Å². The fourth-order valence-electron chi connectivity index (χ4n) is 1.22. The molecule has 0 saturated heterocycles. The van der Waals surface area contributed by atoms with E-state index < -0.39 is 12.0 Å². The van der Waals surface area contributed by atoms with E-state index in [0.717, 1.165) is 0 Å². The molecule has 0 radical (unpaired) electrons. The summed E-state index contributed by atoms with van der Waals surface area (Å²) >= 11 is 0. The number of hydrogen-bond donors (Lipinski definition) is 0. The fraction of sp³-hybridized carbons (Fsp3) is 0.667. The number of carbonyl (C=O) groups excluding carboxylic acids is 2. The van der Waals surface area contributed by atoms with Crippen molar-refractivity contribution >= 4 is 17.8 Å². The first-order chi connectivity index (χ1) is 7.10. The van der Waals surface area contributed by atoms with Gasteiger partial charge in [-0.3, -0.25) is 4.79 Å². The molecular formula is C9H14N2O4. The molecular weight excluding hydrogens is 200 g/mol. The van der Waals surface area contributed by atoms with Crippen LogP contribution in [0.4, 0.5) is 0 Å². The zero-order valence-electron chi connectivity index (χ0n) is 9.02. The van der Waals surface area contributed by atoms with Crippen LogP contribution in [0.25, 0.3) is 0 Å². The minimum atomic E-state index is -1.11. The summed E-state index contributed by atoms with van der Waals surface area (Å²) in [5, 5.41) is 0. The third kappa shape index (κ3) is 2.45. The summed E-state index contributed by atoms with van der Waals surface area (Å²) in [5.74, 6) is -0.645. The lowest BCUT2D eigenvalue weighted by Crippen LogP contribution is -2.48. The number of ether oxygens (including phenoxy) is 2. The molecule has 1 amide bonds. The number of hydrogen-bond acceptors (Lipinski definition) is 5. The van der Waals surface area contributed by atoms with Gasteiger partial charge in [0, 0.05) is 7.05 Å². The predicted molar refractivity (Wildman–Crippen MR) is 52.5 cm³/mol. The number of esters is 1. The molecule has 15 heavy (non-hydrogen) atoms. The number of likely N-dealkylation sites (N-methyl/N-ethyl adjacent to an activating group) is 1. The molecule has 0 spiro atoms. The molecule has 1 atom stereocenters. The standard InChI is InChI=1S/C9H14N2O4/c1-4-15-9(13)7-8(12)11(2)5-6(10-7)14-3/h7H,4-5H2,1-3H3. The van der Waals surface area contributed by atoms with E-state index in [0.29, 0.717) is 5.90 Å². The lowest BCUT2D eigenvalue weighted by atomic mass is 10.2. The number of rotatable bonds is 2. The van der Waals surface area contributed by atoms with Crippen LogP contribution in [-0.4, -0.2) is 56.0 Å². The topological polar surface area (TPSA) is 68.2 Å². The second-order valence-electron chi connectivity index (χ2n) is 3.08. The highest BCUT2D eigenvalue weighted by Crippen LogP contribution is 2.08. The van der Waals surface area contributed by atoms with E-state index in [1.807, 2.05) is 0 Å². The first-order valence-corrected chi connectivity index (χ1v) is 4.62. The van der Waals surface area contributed by atoms with Crippen LogP contribution in [0.5, 0.6) is 0 Å². The summed E-state index contributed by atoms with van der Waals surface area (Å²) in [4.78, 5) is 28.2. The van der Waals surface area contributed by atoms with E-state index in [4.69, 9.17) is 9.47 Å². The van der Waals surface area contributed by atoms with E-state index in [2.05, 4.69) is 4.99 Å². The van der Waals surface area contributed by atoms with Crippen LogP contribution in [0.3, 0.4) is 0 Å². The van der Waals surface area contributed by atoms with Crippen LogP contribution in [0.1, 0.15) is 6.92 Å². The summed E-state index contributed by atoms with van der Waals surface area (Å²) < 4.78 is 9.66. The molecule has 0 aliphatic carbocycles. The Morgan fingerprint density at radius 2 is 2.33 bits per heavy atom. The van der Waals surface area contributed by atoms with E-state index in [9.17, 15) is 9.59 Å². The van der Waals surface area contributed by atoms with Crippen LogP contribution < -0.4 is 0 Å². The van der Waals surface area contributed by atoms with Crippen molar-refractivity contribution in [2.45, 2.75) is 13.0 Å². The number of carbonyl (C=O) groups is 2. The van der Waals surface area contributed by atoms with Crippen LogP contribution in [0.2, 0.25) is 0 Å². The Hall–Kier alpha value is -1.59. The van der Waals surface area contributed by atoms with Gasteiger partial charge in [-0.05, 0) is 6.92 Å². The van der Waals surface area contributed by atoms with Gasteiger partial charge in [0.2, 0.25) is 11.9 Å². The maximum absolute atomic E-state index is 11.6. The van der Waals surface area contributed by atoms with Crippen molar-refractivity contribution in [2.75, 3.05) is 27.3 Å². The molecule has 0 N–H and O–H groups in total. The van der Waals surface area contributed by atoms with Gasteiger partial charge in [-0.1, -0.05) is 0 Å². The van der Waals surface area contributed by atoms with Crippen molar-refractivity contribution in [3.8, 4) is 0 Å². The lowest BCUT2D eigenvalue weighted by Gasteiger charge is -2.25. The molecule has 0 aromatic heterocycles. The molecule has 0 saturated carbocycles. The van der Waals surface area contributed by atoms with Crippen LogP contribution >= 0.6 is 0 Å². The Morgan fingerprint density at radius 3 is 2.87 bits per heavy atom. The summed E-state index contributed by atoms with van der Waals surface area (Å²) in [7, 11) is 3.03. The van der Waals surface area contributed by atoms with Crippen molar-refractivity contribution in [1.82, 2.24) is 4.90 Å². The predicted octanol–water partition coefficient (Wildman–Crippen LogP) is -0.565. The van der Waals surface area contributed by atoms with Gasteiger partial charge in [0.1, 0.15) is 0 Å². The summed E-state index contributed by atoms with van der Waals surface area (Å²) in [6, 6.07) is -1.11. The molecule has 1 heterocycles. The van der Waals surface area contributed by atoms with Gasteiger partial charge in [-0.2, -0.15) is 0 Å². The third-order valence-electron chi connectivity index (χ3n) is 2.00. The van der Waals surface area contributed by atoms with Crippen molar-refractivity contribution in [2.24, 2.45) is 4.99 Å². The molecule has 0 bridgehead atoms. The molecule has 1 aliphatic rings. The van der Waals surface area contributed by atoms with E-state index >= 15 is 0 Å². The molecule has 0 fully saturated rings. The normalized spacial score (nSPS) is 21.0. The number of methoxy groups -OCH3 is 1. The Labute approximate surface area is 87.9 Å². The van der Waals surface area contributed by atoms with Crippen LogP contribution in [0.15, 0.2) is 4.99 Å². The SMILES string of the molecule is CCOC(=O)C1N=C(OC)CN(C)C1=O. The monoisotopic (exact) mass is 214 g/mol. The minimum Gasteiger partial charge on any atom is -0.483 e. The maximum Gasteiger partial charge on any atom is 0.340 e. The van der Waals surface area contributed by atoms with Crippen molar-refractivity contribution in [3.63, 3.8) is 0 Å². The Morgan fingerprint density at radius 1 is 1.67 bits per heavy atom. The Kier molecular flexibility index (Phi) is 3.65. The van der Waals surface area contributed by atoms with Gasteiger partial charge in [-0.15, -0.1) is 0 Å². The molecule has 84 valence electrons. The second kappa shape index (κ2) is 4.77. The lowest BCUT2D eigenvalue weighted by molar-refractivity contribution is -0.150. The molecule has 6 nitrogen and oxygen atoms in total. The molecule has 1 unspecified atom stereocenters. The van der Waals surface area contributed by atoms with Gasteiger partial charge >= 0.3 is 5.97 Å². The van der Waals surface area contributed by atoms with Gasteiger partial charge in [-0.25, -0.2) is 9.79 Å². The average molecular weight is 214 g/mol. The zero-order chi connectivity index (χ0) is 11.4. The first kappa shape index (κ1) is 11.5. The highest BCUT2D eigenvalue weighted by molar-refractivity contribution is 6.06. The third-order valence-corrected chi connectivity index (χ3v) is 2.00. The van der Waals surface area contributed by atoms with E-state index in [-0.39, 0.29) is 19.1 Å². The largest absolute Gasteiger partial charge is 0.483 e. The zero-order valence-corrected chi connectivity index (χ0v) is 9.02. The van der Waals surface area contributed by atoms with Gasteiger partial charge in [0.25, 0.3) is 5.91 Å². The van der Waals surface area contributed by atoms with Gasteiger partial charge < -0.3 is 14.4 Å². The number of amides is 1. The highest BCUT2D eigenvalue weighted by atomic mass is 16.5. The van der Waals surface area contributed by atoms with Gasteiger partial charge in [0.15, 0.2) is 0 Å². The smallest absolute Gasteiger partial charge is 0.340 e. The second-order valence-corrected chi connectivity index (χ2v) is 3.08. The molecule has 1 rings (SSSR count). The number of nitrogens with zero attached hydrogens (tertiary/aromatic N) is 2. The number of aliphatic imine (C=N–C) groups is 1. The average Bonchev–Trinajstić information content (AvgIpc) is 2.22. The van der Waals surface area contributed by atoms with E-state index in [1.165, 1.54) is 12.0 Å². The summed E-state index contributed by atoms with van der Waals surface area (Å²) in [5.41, 5.74) is 0. The van der Waals surface area contributed by atoms with E-state index in [1.54, 1.807) is 14.0 Å². The summed E-state index contributed by atoms with van der Waals surface area (Å²) in [6.45, 7) is 2.19. The van der Waals surface area contributed by atoms with Crippen molar-refractivity contribution in [3.05, 3.63) is 0 Å². The molecule has 0 aromatic rings. The maximum atomic E-state index is 11.6. The minimum absolute atomic E-state index is 0.226.